The number of ether oxygens (including phenoxy) is 5. The number of unbranched alkanes of at least 4 members (excludes halogenated alkanes) is 1. The van der Waals surface area contributed by atoms with Crippen LogP contribution in [0.1, 0.15) is 64.7 Å². The summed E-state index contributed by atoms with van der Waals surface area (Å²) in [5.74, 6) is -1.13. The molecule has 332 valence electrons. The zero-order valence-corrected chi connectivity index (χ0v) is 33.7. The van der Waals surface area contributed by atoms with Gasteiger partial charge in [-0.05, 0) is 52.2 Å². The maximum Gasteiger partial charge on any atom is 0.222 e. The van der Waals surface area contributed by atoms with E-state index in [-0.39, 0.29) is 95.6 Å². The molecule has 13 N–H and O–H groups in total. The van der Waals surface area contributed by atoms with Gasteiger partial charge in [0, 0.05) is 65.4 Å². The summed E-state index contributed by atoms with van der Waals surface area (Å²) in [4.78, 5) is 60.3. The summed E-state index contributed by atoms with van der Waals surface area (Å²) in [5, 5.41) is 46.7. The number of likely N-dealkylation sites (N-methyl/N-ethyl adjacent to an activating group) is 1. The minimum Gasteiger partial charge on any atom is -0.394 e. The highest BCUT2D eigenvalue weighted by molar-refractivity contribution is 5.77. The average Bonchev–Trinajstić information content (AvgIpc) is 3.18. The molecule has 1 saturated heterocycles. The first-order valence-corrected chi connectivity index (χ1v) is 19.8. The molecular formula is C36H70N8O13. The summed E-state index contributed by atoms with van der Waals surface area (Å²) < 4.78 is 28.6. The van der Waals surface area contributed by atoms with Crippen molar-refractivity contribution in [1.29, 1.82) is 0 Å². The SMILES string of the molecule is CNC(COCCC(=O)NCCCN)(COCCC(=O)NCCCN)COCCC(=O)NCCCNC(=O)CCCCO[C@@H]1OC(CO)[C@@H](O)C(O)[C@H]1NC(C)=O. The number of nitrogens with one attached hydrogen (secondary N) is 6. The van der Waals surface area contributed by atoms with Gasteiger partial charge in [0.15, 0.2) is 6.29 Å². The number of rotatable bonds is 34. The zero-order chi connectivity index (χ0) is 42.3. The summed E-state index contributed by atoms with van der Waals surface area (Å²) in [6.45, 7) is 4.41. The third kappa shape index (κ3) is 23.8. The van der Waals surface area contributed by atoms with Crippen LogP contribution in [0.4, 0.5) is 0 Å². The highest BCUT2D eigenvalue weighted by Gasteiger charge is 2.45. The lowest BCUT2D eigenvalue weighted by molar-refractivity contribution is -0.270. The number of hydrogen-bond donors (Lipinski definition) is 11. The van der Waals surface area contributed by atoms with Gasteiger partial charge in [-0.2, -0.15) is 0 Å². The fourth-order valence-electron chi connectivity index (χ4n) is 5.40. The minimum absolute atomic E-state index is 0.0968. The van der Waals surface area contributed by atoms with Gasteiger partial charge >= 0.3 is 0 Å². The highest BCUT2D eigenvalue weighted by atomic mass is 16.7. The van der Waals surface area contributed by atoms with E-state index >= 15 is 0 Å². The van der Waals surface area contributed by atoms with Gasteiger partial charge in [0.1, 0.15) is 24.4 Å². The molecule has 1 aliphatic rings. The first-order chi connectivity index (χ1) is 27.4. The Kier molecular flexibility index (Phi) is 29.0. The number of hydrogen-bond acceptors (Lipinski definition) is 16. The van der Waals surface area contributed by atoms with Crippen LogP contribution in [0.3, 0.4) is 0 Å². The molecular weight excluding hydrogens is 752 g/mol. The van der Waals surface area contributed by atoms with Gasteiger partial charge in [0.25, 0.3) is 0 Å². The standard InChI is InChI=1S/C36H70N8O13/c1-26(46)44-32-34(52)33(51)27(22-45)57-35(32)56-18-4-3-8-28(47)42-16-7-17-43-31(50)11-21-55-25-36(39-2,23-53-19-9-29(48)40-14-5-12-37)24-54-20-10-30(49)41-15-6-13-38/h27,32-35,39,45,51-52H,3-25,37-38H2,1-2H3,(H,40,48)(H,41,49)(H,42,47)(H,43,50)(H,44,46)/t27?,32-,33-,34?,35-/m1/s1. The van der Waals surface area contributed by atoms with Crippen LogP contribution >= 0.6 is 0 Å². The predicted octanol–water partition coefficient (Wildman–Crippen LogP) is -4.15. The molecule has 5 amide bonds. The number of aliphatic hydroxyl groups excluding tert-OH is 3. The number of nitrogens with two attached hydrogens (primary N) is 2. The maximum absolute atomic E-state index is 12.4. The van der Waals surface area contributed by atoms with Crippen LogP contribution in [0.5, 0.6) is 0 Å². The van der Waals surface area contributed by atoms with Gasteiger partial charge in [-0.3, -0.25) is 24.0 Å². The normalized spacial score (nSPS) is 19.5. The third-order valence-corrected chi connectivity index (χ3v) is 8.82. The Morgan fingerprint density at radius 3 is 1.53 bits per heavy atom. The highest BCUT2D eigenvalue weighted by Crippen LogP contribution is 2.22. The van der Waals surface area contributed by atoms with E-state index in [2.05, 4.69) is 31.9 Å². The van der Waals surface area contributed by atoms with Crippen molar-refractivity contribution in [3.8, 4) is 0 Å². The molecule has 0 radical (unpaired) electrons. The van der Waals surface area contributed by atoms with Crippen molar-refractivity contribution in [2.45, 2.75) is 101 Å². The molecule has 0 aromatic heterocycles. The fourth-order valence-corrected chi connectivity index (χ4v) is 5.40. The molecule has 0 aromatic carbocycles. The van der Waals surface area contributed by atoms with Crippen LogP contribution in [0.2, 0.25) is 0 Å². The second-order valence-electron chi connectivity index (χ2n) is 13.7. The number of carbonyl (C=O) groups excluding carboxylic acids is 5. The Morgan fingerprint density at radius 2 is 1.11 bits per heavy atom. The molecule has 5 atom stereocenters. The Hall–Kier alpha value is -3.09. The van der Waals surface area contributed by atoms with E-state index < -0.39 is 48.7 Å². The largest absolute Gasteiger partial charge is 0.394 e. The average molecular weight is 823 g/mol. The van der Waals surface area contributed by atoms with Crippen molar-refractivity contribution >= 4 is 29.5 Å². The Balaban J connectivity index is 2.35. The van der Waals surface area contributed by atoms with E-state index in [1.54, 1.807) is 7.05 Å². The van der Waals surface area contributed by atoms with Gasteiger partial charge in [-0.25, -0.2) is 0 Å². The molecule has 0 bridgehead atoms. The molecule has 1 rings (SSSR count). The smallest absolute Gasteiger partial charge is 0.222 e. The van der Waals surface area contributed by atoms with Crippen molar-refractivity contribution in [2.24, 2.45) is 11.5 Å². The summed E-state index contributed by atoms with van der Waals surface area (Å²) in [5.41, 5.74) is 10.1. The minimum atomic E-state index is -1.40. The second-order valence-corrected chi connectivity index (χ2v) is 13.7. The van der Waals surface area contributed by atoms with E-state index in [0.717, 1.165) is 0 Å². The first-order valence-electron chi connectivity index (χ1n) is 19.8. The molecule has 0 saturated carbocycles. The van der Waals surface area contributed by atoms with E-state index in [0.29, 0.717) is 71.4 Å². The van der Waals surface area contributed by atoms with Gasteiger partial charge in [0.05, 0.1) is 51.8 Å². The monoisotopic (exact) mass is 823 g/mol. The molecule has 1 fully saturated rings. The summed E-state index contributed by atoms with van der Waals surface area (Å²) in [7, 11) is 1.72. The molecule has 21 nitrogen and oxygen atoms in total. The van der Waals surface area contributed by atoms with Crippen molar-refractivity contribution in [3.63, 3.8) is 0 Å². The van der Waals surface area contributed by atoms with Gasteiger partial charge in [-0.15, -0.1) is 0 Å². The quantitative estimate of drug-likeness (QED) is 0.0275. The van der Waals surface area contributed by atoms with E-state index in [4.69, 9.17) is 35.2 Å². The fraction of sp³-hybridized carbons (Fsp3) is 0.861. The maximum atomic E-state index is 12.4. The molecule has 0 aromatic rings. The van der Waals surface area contributed by atoms with Crippen LogP contribution in [0.15, 0.2) is 0 Å². The van der Waals surface area contributed by atoms with Crippen LogP contribution in [0, 0.1) is 0 Å². The summed E-state index contributed by atoms with van der Waals surface area (Å²) in [6, 6.07) is -1.03. The van der Waals surface area contributed by atoms with E-state index in [1.807, 2.05) is 0 Å². The van der Waals surface area contributed by atoms with Gasteiger partial charge < -0.3 is 82.4 Å². The lowest BCUT2D eigenvalue weighted by Gasteiger charge is -2.42. The summed E-state index contributed by atoms with van der Waals surface area (Å²) >= 11 is 0. The van der Waals surface area contributed by atoms with E-state index in [1.165, 1.54) is 6.92 Å². The van der Waals surface area contributed by atoms with E-state index in [9.17, 15) is 39.3 Å². The number of carbonyl (C=O) groups is 5. The molecule has 21 heteroatoms. The summed E-state index contributed by atoms with van der Waals surface area (Å²) in [6.07, 6.45) is -1.45. The number of aliphatic hydroxyl groups is 3. The number of amides is 5. The van der Waals surface area contributed by atoms with Crippen LogP contribution < -0.4 is 43.4 Å². The van der Waals surface area contributed by atoms with Gasteiger partial charge in [0.2, 0.25) is 29.5 Å². The first kappa shape index (κ1) is 51.9. The van der Waals surface area contributed by atoms with Crippen molar-refractivity contribution in [2.75, 3.05) is 99.2 Å². The van der Waals surface area contributed by atoms with Gasteiger partial charge in [-0.1, -0.05) is 0 Å². The van der Waals surface area contributed by atoms with Crippen molar-refractivity contribution in [3.05, 3.63) is 0 Å². The molecule has 0 spiro atoms. The zero-order valence-electron chi connectivity index (χ0n) is 33.7. The molecule has 2 unspecified atom stereocenters. The Bertz CT molecular complexity index is 1110. The molecule has 0 aliphatic carbocycles. The predicted molar refractivity (Wildman–Crippen MR) is 207 cm³/mol. The van der Waals surface area contributed by atoms with Crippen LogP contribution in [-0.2, 0) is 47.7 Å². The molecule has 1 aliphatic heterocycles. The molecule has 57 heavy (non-hydrogen) atoms. The van der Waals surface area contributed by atoms with Crippen molar-refractivity contribution < 1.29 is 63.0 Å². The lowest BCUT2D eigenvalue weighted by Crippen LogP contribution is -2.64. The van der Waals surface area contributed by atoms with Crippen molar-refractivity contribution in [1.82, 2.24) is 31.9 Å². The second kappa shape index (κ2) is 31.8. The Labute approximate surface area is 335 Å². The lowest BCUT2D eigenvalue weighted by atomic mass is 9.97. The van der Waals surface area contributed by atoms with Crippen LogP contribution in [-0.4, -0.2) is 180 Å². The third-order valence-electron chi connectivity index (χ3n) is 8.82. The van der Waals surface area contributed by atoms with Crippen LogP contribution in [0.25, 0.3) is 0 Å². The molecule has 1 heterocycles. The Morgan fingerprint density at radius 1 is 0.649 bits per heavy atom. The topological polar surface area (TPSA) is 316 Å².